The first-order chi connectivity index (χ1) is 10.0. The highest BCUT2D eigenvalue weighted by Crippen LogP contribution is 2.20. The molecule has 0 saturated carbocycles. The molecule has 2 aromatic rings. The van der Waals surface area contributed by atoms with Crippen LogP contribution in [0.1, 0.15) is 30.6 Å². The Morgan fingerprint density at radius 1 is 1.43 bits per heavy atom. The highest BCUT2D eigenvalue weighted by Gasteiger charge is 2.16. The van der Waals surface area contributed by atoms with E-state index in [1.807, 2.05) is 13.8 Å². The number of nitrogens with zero attached hydrogens (tertiary/aromatic N) is 2. The number of nitrogens with two attached hydrogens (primary N) is 1. The van der Waals surface area contributed by atoms with Crippen LogP contribution in [0.3, 0.4) is 0 Å². The van der Waals surface area contributed by atoms with E-state index in [-0.39, 0.29) is 34.7 Å². The Morgan fingerprint density at radius 2 is 2.14 bits per heavy atom. The van der Waals surface area contributed by atoms with E-state index >= 15 is 0 Å². The Kier molecular flexibility index (Phi) is 4.47. The molecule has 1 aromatic heterocycles. The third-order valence-electron chi connectivity index (χ3n) is 3.17. The van der Waals surface area contributed by atoms with Gasteiger partial charge < -0.3 is 11.1 Å². The van der Waals surface area contributed by atoms with Crippen molar-refractivity contribution >= 4 is 11.7 Å². The molecule has 1 heterocycles. The number of carbonyl (C=O) groups is 1. The van der Waals surface area contributed by atoms with Crippen LogP contribution in [0.15, 0.2) is 30.5 Å². The zero-order chi connectivity index (χ0) is 15.4. The minimum Gasteiger partial charge on any atom is -0.383 e. The van der Waals surface area contributed by atoms with E-state index in [0.29, 0.717) is 0 Å². The Labute approximate surface area is 122 Å². The van der Waals surface area contributed by atoms with Crippen LogP contribution in [0, 0.1) is 5.82 Å². The second kappa shape index (κ2) is 6.30. The molecule has 0 aliphatic heterocycles. The van der Waals surface area contributed by atoms with Gasteiger partial charge >= 0.3 is 0 Å². The van der Waals surface area contributed by atoms with Crippen LogP contribution < -0.4 is 11.1 Å². The molecule has 0 aliphatic rings. The zero-order valence-corrected chi connectivity index (χ0v) is 11.9. The number of hydrogen-bond donors (Lipinski definition) is 2. The average Bonchev–Trinajstić information content (AvgIpc) is 2.47. The normalized spacial score (nSPS) is 12.0. The van der Waals surface area contributed by atoms with Gasteiger partial charge in [0.25, 0.3) is 5.91 Å². The van der Waals surface area contributed by atoms with E-state index in [1.165, 1.54) is 12.3 Å². The number of carbonyl (C=O) groups excluding carboxylic acids is 1. The minimum atomic E-state index is -0.436. The quantitative estimate of drug-likeness (QED) is 0.905. The first-order valence-corrected chi connectivity index (χ1v) is 6.71. The van der Waals surface area contributed by atoms with Crippen molar-refractivity contribution in [3.63, 3.8) is 0 Å². The average molecular weight is 288 g/mol. The summed E-state index contributed by atoms with van der Waals surface area (Å²) in [5.74, 6) is -0.578. The molecule has 110 valence electrons. The third kappa shape index (κ3) is 3.34. The number of halogens is 1. The van der Waals surface area contributed by atoms with Gasteiger partial charge in [-0.05, 0) is 25.5 Å². The van der Waals surface area contributed by atoms with Gasteiger partial charge in [0.2, 0.25) is 0 Å². The molecule has 6 heteroatoms. The Hall–Kier alpha value is -2.50. The van der Waals surface area contributed by atoms with Gasteiger partial charge in [0.15, 0.2) is 5.82 Å². The van der Waals surface area contributed by atoms with Crippen molar-refractivity contribution < 1.29 is 9.18 Å². The maximum atomic E-state index is 13.7. The summed E-state index contributed by atoms with van der Waals surface area (Å²) in [5, 5.41) is 2.78. The second-order valence-corrected chi connectivity index (χ2v) is 4.76. The lowest BCUT2D eigenvalue weighted by atomic mass is 10.2. The fraction of sp³-hybridized carbons (Fsp3) is 0.267. The Bertz CT molecular complexity index is 660. The highest BCUT2D eigenvalue weighted by molar-refractivity contribution is 5.98. The van der Waals surface area contributed by atoms with Crippen molar-refractivity contribution in [2.24, 2.45) is 0 Å². The van der Waals surface area contributed by atoms with E-state index in [9.17, 15) is 9.18 Å². The Morgan fingerprint density at radius 3 is 2.76 bits per heavy atom. The fourth-order valence-electron chi connectivity index (χ4n) is 1.75. The summed E-state index contributed by atoms with van der Waals surface area (Å²) >= 11 is 0. The van der Waals surface area contributed by atoms with E-state index in [0.717, 1.165) is 6.42 Å². The summed E-state index contributed by atoms with van der Waals surface area (Å²) in [6, 6.07) is 6.17. The van der Waals surface area contributed by atoms with Crippen molar-refractivity contribution in [3.05, 3.63) is 41.8 Å². The number of amides is 1. The molecule has 1 unspecified atom stereocenters. The fourth-order valence-corrected chi connectivity index (χ4v) is 1.75. The number of rotatable bonds is 4. The maximum absolute atomic E-state index is 13.7. The van der Waals surface area contributed by atoms with Crippen molar-refractivity contribution in [2.75, 3.05) is 5.73 Å². The van der Waals surface area contributed by atoms with Crippen molar-refractivity contribution in [1.29, 1.82) is 0 Å². The lowest BCUT2D eigenvalue weighted by molar-refractivity contribution is 0.0939. The van der Waals surface area contributed by atoms with Crippen molar-refractivity contribution in [2.45, 2.75) is 26.3 Å². The van der Waals surface area contributed by atoms with Crippen LogP contribution in [-0.4, -0.2) is 21.9 Å². The first kappa shape index (κ1) is 14.9. The first-order valence-electron chi connectivity index (χ1n) is 6.71. The summed E-state index contributed by atoms with van der Waals surface area (Å²) < 4.78 is 13.7. The number of benzene rings is 1. The molecule has 0 bridgehead atoms. The van der Waals surface area contributed by atoms with Gasteiger partial charge in [-0.15, -0.1) is 0 Å². The summed E-state index contributed by atoms with van der Waals surface area (Å²) in [7, 11) is 0. The standard InChI is InChI=1S/C15H17FN4O/c1-3-9(2)19-15(21)11-8-18-14(20-13(11)17)10-6-4-5-7-12(10)16/h4-9H,3H2,1-2H3,(H,19,21)(H2,17,18,20). The number of anilines is 1. The molecule has 5 nitrogen and oxygen atoms in total. The van der Waals surface area contributed by atoms with Crippen LogP contribution in [0.2, 0.25) is 0 Å². The van der Waals surface area contributed by atoms with Crippen LogP contribution >= 0.6 is 0 Å². The molecule has 2 rings (SSSR count). The molecule has 21 heavy (non-hydrogen) atoms. The van der Waals surface area contributed by atoms with Crippen molar-refractivity contribution in [3.8, 4) is 11.4 Å². The second-order valence-electron chi connectivity index (χ2n) is 4.76. The summed E-state index contributed by atoms with van der Waals surface area (Å²) in [6.07, 6.45) is 2.13. The van der Waals surface area contributed by atoms with Gasteiger partial charge in [0, 0.05) is 12.2 Å². The lowest BCUT2D eigenvalue weighted by Crippen LogP contribution is -2.32. The molecule has 0 spiro atoms. The summed E-state index contributed by atoms with van der Waals surface area (Å²) in [4.78, 5) is 20.1. The lowest BCUT2D eigenvalue weighted by Gasteiger charge is -2.12. The number of nitrogens with one attached hydrogen (secondary N) is 1. The molecule has 0 fully saturated rings. The van der Waals surface area contributed by atoms with E-state index in [4.69, 9.17) is 5.73 Å². The van der Waals surface area contributed by atoms with Gasteiger partial charge in [-0.3, -0.25) is 4.79 Å². The summed E-state index contributed by atoms with van der Waals surface area (Å²) in [6.45, 7) is 3.86. The van der Waals surface area contributed by atoms with E-state index < -0.39 is 5.82 Å². The monoisotopic (exact) mass is 288 g/mol. The van der Waals surface area contributed by atoms with Gasteiger partial charge in [-0.25, -0.2) is 14.4 Å². The molecule has 1 amide bonds. The predicted octanol–water partition coefficient (Wildman–Crippen LogP) is 2.39. The number of hydrogen-bond acceptors (Lipinski definition) is 4. The van der Waals surface area contributed by atoms with Crippen LogP contribution in [0.4, 0.5) is 10.2 Å². The van der Waals surface area contributed by atoms with Gasteiger partial charge in [0.05, 0.1) is 11.1 Å². The van der Waals surface area contributed by atoms with Crippen LogP contribution in [-0.2, 0) is 0 Å². The number of nitrogen functional groups attached to an aromatic ring is 1. The Balaban J connectivity index is 2.30. The third-order valence-corrected chi connectivity index (χ3v) is 3.17. The highest BCUT2D eigenvalue weighted by atomic mass is 19.1. The van der Waals surface area contributed by atoms with Gasteiger partial charge in [-0.2, -0.15) is 0 Å². The minimum absolute atomic E-state index is 0.0307. The van der Waals surface area contributed by atoms with E-state index in [2.05, 4.69) is 15.3 Å². The maximum Gasteiger partial charge on any atom is 0.256 e. The topological polar surface area (TPSA) is 80.9 Å². The molecule has 0 saturated heterocycles. The van der Waals surface area contributed by atoms with Crippen molar-refractivity contribution in [1.82, 2.24) is 15.3 Å². The number of aromatic nitrogens is 2. The molecular formula is C15H17FN4O. The molecule has 1 aromatic carbocycles. The van der Waals surface area contributed by atoms with Crippen LogP contribution in [0.5, 0.6) is 0 Å². The van der Waals surface area contributed by atoms with Crippen LogP contribution in [0.25, 0.3) is 11.4 Å². The molecule has 0 aliphatic carbocycles. The largest absolute Gasteiger partial charge is 0.383 e. The molecule has 1 atom stereocenters. The van der Waals surface area contributed by atoms with Gasteiger partial charge in [-0.1, -0.05) is 19.1 Å². The SMILES string of the molecule is CCC(C)NC(=O)c1cnc(-c2ccccc2F)nc1N. The van der Waals surface area contributed by atoms with Gasteiger partial charge in [0.1, 0.15) is 11.6 Å². The summed E-state index contributed by atoms with van der Waals surface area (Å²) in [5.41, 5.74) is 6.23. The zero-order valence-electron chi connectivity index (χ0n) is 11.9. The van der Waals surface area contributed by atoms with E-state index in [1.54, 1.807) is 18.2 Å². The predicted molar refractivity (Wildman–Crippen MR) is 79.1 cm³/mol. The molecule has 3 N–H and O–H groups in total. The molecular weight excluding hydrogens is 271 g/mol. The molecule has 0 radical (unpaired) electrons. The smallest absolute Gasteiger partial charge is 0.256 e.